The molecule has 2 aliphatic carbocycles. The van der Waals surface area contributed by atoms with Crippen LogP contribution < -0.4 is 0 Å². The zero-order valence-corrected chi connectivity index (χ0v) is 23.6. The zero-order valence-electron chi connectivity index (χ0n) is 21.2. The Balaban J connectivity index is 0.00000252. The topological polar surface area (TPSA) is 31.0 Å². The molecule has 2 heterocycles. The summed E-state index contributed by atoms with van der Waals surface area (Å²) in [7, 11) is 0. The fourth-order valence-corrected chi connectivity index (χ4v) is 6.86. The molecule has 2 fully saturated rings. The van der Waals surface area contributed by atoms with Gasteiger partial charge in [-0.2, -0.15) is 0 Å². The quantitative estimate of drug-likeness (QED) is 0.179. The number of imidazole rings is 1. The second-order valence-electron chi connectivity index (χ2n) is 10.8. The van der Waals surface area contributed by atoms with Gasteiger partial charge in [0.15, 0.2) is 5.58 Å². The molecule has 0 atom stereocenters. The fourth-order valence-electron chi connectivity index (χ4n) is 6.86. The van der Waals surface area contributed by atoms with Crippen LogP contribution in [0.1, 0.15) is 87.2 Å². The largest absolute Gasteiger partial charge is 0.454 e. The first kappa shape index (κ1) is 24.6. The summed E-state index contributed by atoms with van der Waals surface area (Å²) in [6.07, 6.45) is 17.1. The van der Waals surface area contributed by atoms with Crippen molar-refractivity contribution < 1.29 is 24.5 Å². The Hall–Kier alpha value is -2.68. The second kappa shape index (κ2) is 10.6. The molecular weight excluding hydrogens is 633 g/mol. The molecule has 1 radical (unpaired) electrons. The van der Waals surface area contributed by atoms with Crippen molar-refractivity contribution >= 4 is 21.9 Å². The molecule has 0 amide bonds. The Labute approximate surface area is 232 Å². The Bertz CT molecular complexity index is 1500. The third-order valence-electron chi connectivity index (χ3n) is 8.61. The average Bonchev–Trinajstić information content (AvgIpc) is 3.59. The standard InChI is InChI=1S/C33H33N2O.Ir/c1-4-12-23(13-5-1)27-22-28(24-14-6-2-7-15-24)31(32-30(27)26-18-10-11-19-29(26)36-32)35-21-20-34-33(35)25-16-8-3-9-17-25;/h3,8-11,16,18-24H,1-2,4-7,12-15H2;/q-1;. The summed E-state index contributed by atoms with van der Waals surface area (Å²) in [5.74, 6) is 2.10. The fraction of sp³-hybridized carbons (Fsp3) is 0.364. The van der Waals surface area contributed by atoms with Gasteiger partial charge in [0.25, 0.3) is 0 Å². The number of aromatic nitrogens is 2. The molecule has 7 rings (SSSR count). The number of para-hydroxylation sites is 1. The summed E-state index contributed by atoms with van der Waals surface area (Å²) < 4.78 is 9.09. The zero-order chi connectivity index (χ0) is 23.9. The SMILES string of the molecule is [Ir].[c-]1ccccc1-c1nccn1-c1c(C2CCCCC2)cc(C2CCCCC2)c2c1oc1ccccc12. The minimum Gasteiger partial charge on any atom is -0.454 e. The molecule has 37 heavy (non-hydrogen) atoms. The van der Waals surface area contributed by atoms with Gasteiger partial charge in [-0.3, -0.25) is 4.98 Å². The van der Waals surface area contributed by atoms with E-state index in [1.54, 1.807) is 0 Å². The molecule has 0 aliphatic heterocycles. The molecule has 0 saturated heterocycles. The third kappa shape index (κ3) is 4.39. The molecule has 5 aromatic rings. The average molecular weight is 666 g/mol. The van der Waals surface area contributed by atoms with E-state index in [0.29, 0.717) is 11.8 Å². The van der Waals surface area contributed by atoms with Crippen molar-refractivity contribution in [1.82, 2.24) is 9.55 Å². The Morgan fingerprint density at radius 3 is 2.24 bits per heavy atom. The van der Waals surface area contributed by atoms with E-state index >= 15 is 0 Å². The molecule has 191 valence electrons. The molecule has 0 bridgehead atoms. The smallest absolute Gasteiger partial charge is 0.159 e. The van der Waals surface area contributed by atoms with Crippen LogP contribution in [-0.4, -0.2) is 9.55 Å². The van der Waals surface area contributed by atoms with Gasteiger partial charge in [0, 0.05) is 43.3 Å². The van der Waals surface area contributed by atoms with Gasteiger partial charge in [-0.15, -0.1) is 35.9 Å². The number of nitrogens with zero attached hydrogens (tertiary/aromatic N) is 2. The van der Waals surface area contributed by atoms with Crippen LogP contribution in [0, 0.1) is 6.07 Å². The number of fused-ring (bicyclic) bond motifs is 3. The molecule has 3 aromatic carbocycles. The minimum absolute atomic E-state index is 0. The number of benzene rings is 3. The molecule has 0 N–H and O–H groups in total. The molecule has 0 unspecified atom stereocenters. The van der Waals surface area contributed by atoms with Gasteiger partial charge in [0.1, 0.15) is 5.58 Å². The van der Waals surface area contributed by atoms with Gasteiger partial charge in [-0.25, -0.2) is 0 Å². The van der Waals surface area contributed by atoms with Gasteiger partial charge in [0.05, 0.1) is 11.5 Å². The van der Waals surface area contributed by atoms with Gasteiger partial charge < -0.3 is 8.98 Å². The van der Waals surface area contributed by atoms with E-state index in [1.165, 1.54) is 91.8 Å². The van der Waals surface area contributed by atoms with Crippen LogP contribution in [0.15, 0.2) is 71.4 Å². The first-order valence-electron chi connectivity index (χ1n) is 13.9. The van der Waals surface area contributed by atoms with Crippen molar-refractivity contribution in [2.45, 2.75) is 76.0 Å². The van der Waals surface area contributed by atoms with Gasteiger partial charge in [-0.1, -0.05) is 62.8 Å². The van der Waals surface area contributed by atoms with Gasteiger partial charge in [-0.05, 0) is 54.7 Å². The van der Waals surface area contributed by atoms with E-state index in [2.05, 4.69) is 59.3 Å². The van der Waals surface area contributed by atoms with E-state index in [1.807, 2.05) is 18.3 Å². The summed E-state index contributed by atoms with van der Waals surface area (Å²) in [5.41, 5.74) is 7.20. The van der Waals surface area contributed by atoms with E-state index in [4.69, 9.17) is 9.40 Å². The first-order chi connectivity index (χ1) is 17.9. The second-order valence-corrected chi connectivity index (χ2v) is 10.8. The van der Waals surface area contributed by atoms with Crippen LogP contribution in [-0.2, 0) is 20.1 Å². The van der Waals surface area contributed by atoms with Crippen molar-refractivity contribution in [3.63, 3.8) is 0 Å². The molecule has 3 nitrogen and oxygen atoms in total. The third-order valence-corrected chi connectivity index (χ3v) is 8.61. The maximum atomic E-state index is 6.80. The van der Waals surface area contributed by atoms with E-state index in [-0.39, 0.29) is 20.1 Å². The summed E-state index contributed by atoms with van der Waals surface area (Å²) in [6, 6.07) is 22.8. The van der Waals surface area contributed by atoms with Crippen LogP contribution in [0.25, 0.3) is 39.0 Å². The molecule has 0 spiro atoms. The summed E-state index contributed by atoms with van der Waals surface area (Å²) in [6.45, 7) is 0. The summed E-state index contributed by atoms with van der Waals surface area (Å²) in [4.78, 5) is 4.81. The van der Waals surface area contributed by atoms with E-state index < -0.39 is 0 Å². The summed E-state index contributed by atoms with van der Waals surface area (Å²) >= 11 is 0. The molecule has 2 saturated carbocycles. The van der Waals surface area contributed by atoms with Crippen LogP contribution in [0.5, 0.6) is 0 Å². The number of hydrogen-bond acceptors (Lipinski definition) is 2. The van der Waals surface area contributed by atoms with Crippen LogP contribution in [0.4, 0.5) is 0 Å². The van der Waals surface area contributed by atoms with Crippen molar-refractivity contribution in [3.8, 4) is 17.1 Å². The molecular formula is C33H33IrN2O-. The summed E-state index contributed by atoms with van der Waals surface area (Å²) in [5, 5.41) is 2.57. The van der Waals surface area contributed by atoms with Crippen LogP contribution in [0.2, 0.25) is 0 Å². The van der Waals surface area contributed by atoms with Crippen molar-refractivity contribution in [2.24, 2.45) is 0 Å². The van der Waals surface area contributed by atoms with Crippen molar-refractivity contribution in [1.29, 1.82) is 0 Å². The number of rotatable bonds is 4. The maximum absolute atomic E-state index is 6.80. The predicted octanol–water partition coefficient (Wildman–Crippen LogP) is 9.33. The minimum atomic E-state index is 0. The number of hydrogen-bond donors (Lipinski definition) is 0. The monoisotopic (exact) mass is 666 g/mol. The van der Waals surface area contributed by atoms with E-state index in [9.17, 15) is 0 Å². The Morgan fingerprint density at radius 1 is 0.811 bits per heavy atom. The molecule has 4 heteroatoms. The van der Waals surface area contributed by atoms with Crippen LogP contribution >= 0.6 is 0 Å². The van der Waals surface area contributed by atoms with Gasteiger partial charge in [0.2, 0.25) is 0 Å². The van der Waals surface area contributed by atoms with Gasteiger partial charge >= 0.3 is 0 Å². The Kier molecular flexibility index (Phi) is 7.06. The Morgan fingerprint density at radius 2 is 1.51 bits per heavy atom. The predicted molar refractivity (Wildman–Crippen MR) is 147 cm³/mol. The molecule has 2 aromatic heterocycles. The van der Waals surface area contributed by atoms with Crippen LogP contribution in [0.3, 0.4) is 0 Å². The first-order valence-corrected chi connectivity index (χ1v) is 13.9. The van der Waals surface area contributed by atoms with Crippen molar-refractivity contribution in [3.05, 3.63) is 84.2 Å². The number of furan rings is 1. The van der Waals surface area contributed by atoms with E-state index in [0.717, 1.165) is 22.6 Å². The van der Waals surface area contributed by atoms with Crippen molar-refractivity contribution in [2.75, 3.05) is 0 Å². The normalized spacial score (nSPS) is 17.3. The maximum Gasteiger partial charge on any atom is 0.159 e. The molecule has 2 aliphatic rings.